The summed E-state index contributed by atoms with van der Waals surface area (Å²) in [5.41, 5.74) is -0.120. The average Bonchev–Trinajstić information content (AvgIpc) is 2.71. The summed E-state index contributed by atoms with van der Waals surface area (Å²) in [6, 6.07) is 8.19. The maximum atomic E-state index is 13.8. The zero-order valence-corrected chi connectivity index (χ0v) is 21.2. The van der Waals surface area contributed by atoms with Crippen molar-refractivity contribution in [1.29, 1.82) is 0 Å². The zero-order valence-electron chi connectivity index (χ0n) is 19.6. The predicted molar refractivity (Wildman–Crippen MR) is 128 cm³/mol. The number of nitrogens with one attached hydrogen (secondary N) is 1. The largest absolute Gasteiger partial charge is 0.350 e. The van der Waals surface area contributed by atoms with Gasteiger partial charge in [0.05, 0.1) is 11.9 Å². The van der Waals surface area contributed by atoms with Crippen LogP contribution in [0.5, 0.6) is 0 Å². The molecule has 186 valence electrons. The lowest BCUT2D eigenvalue weighted by Gasteiger charge is -2.33. The summed E-state index contributed by atoms with van der Waals surface area (Å²) in [5.74, 6) is -3.55. The van der Waals surface area contributed by atoms with Crippen LogP contribution in [0.1, 0.15) is 33.3 Å². The first-order valence-electron chi connectivity index (χ1n) is 10.4. The molecule has 1 atom stereocenters. The quantitative estimate of drug-likeness (QED) is 0.580. The second kappa shape index (κ2) is 10.7. The van der Waals surface area contributed by atoms with Crippen molar-refractivity contribution in [2.75, 3.05) is 17.1 Å². The summed E-state index contributed by atoms with van der Waals surface area (Å²) >= 11 is 5.93. The number of rotatable bonds is 8. The number of benzene rings is 2. The van der Waals surface area contributed by atoms with Gasteiger partial charge in [0.2, 0.25) is 21.8 Å². The molecule has 0 aromatic heterocycles. The third kappa shape index (κ3) is 7.66. The Kier molecular flexibility index (Phi) is 8.65. The van der Waals surface area contributed by atoms with E-state index in [-0.39, 0.29) is 12.2 Å². The van der Waals surface area contributed by atoms with Gasteiger partial charge in [-0.1, -0.05) is 23.7 Å². The number of anilines is 1. The molecular weight excluding hydrogens is 488 g/mol. The third-order valence-corrected chi connectivity index (χ3v) is 6.19. The van der Waals surface area contributed by atoms with Gasteiger partial charge in [0, 0.05) is 23.2 Å². The maximum absolute atomic E-state index is 13.8. The molecule has 2 amide bonds. The van der Waals surface area contributed by atoms with Gasteiger partial charge in [-0.25, -0.2) is 17.2 Å². The molecular formula is C23H28ClF2N3O4S. The van der Waals surface area contributed by atoms with Gasteiger partial charge in [-0.05, 0) is 57.5 Å². The fourth-order valence-electron chi connectivity index (χ4n) is 3.10. The highest BCUT2D eigenvalue weighted by Crippen LogP contribution is 2.22. The van der Waals surface area contributed by atoms with Crippen LogP contribution in [0, 0.1) is 11.6 Å². The van der Waals surface area contributed by atoms with E-state index in [2.05, 4.69) is 5.32 Å². The van der Waals surface area contributed by atoms with E-state index in [4.69, 9.17) is 11.6 Å². The van der Waals surface area contributed by atoms with Gasteiger partial charge in [-0.15, -0.1) is 0 Å². The molecule has 2 aromatic carbocycles. The van der Waals surface area contributed by atoms with Crippen molar-refractivity contribution in [2.24, 2.45) is 0 Å². The van der Waals surface area contributed by atoms with E-state index in [0.29, 0.717) is 21.0 Å². The van der Waals surface area contributed by atoms with Gasteiger partial charge >= 0.3 is 0 Å². The SMILES string of the molecule is CC(C(=O)NC(C)(C)C)N(Cc1ccc(Cl)cc1)C(=O)CN(c1ccc(F)c(F)c1)S(C)(=O)=O. The molecule has 2 rings (SSSR count). The van der Waals surface area contributed by atoms with Gasteiger partial charge in [-0.2, -0.15) is 0 Å². The number of sulfonamides is 1. The molecule has 2 aromatic rings. The van der Waals surface area contributed by atoms with Crippen LogP contribution in [0.15, 0.2) is 42.5 Å². The van der Waals surface area contributed by atoms with Crippen LogP contribution in [0.3, 0.4) is 0 Å². The lowest BCUT2D eigenvalue weighted by molar-refractivity contribution is -0.140. The minimum absolute atomic E-state index is 0.00981. The highest BCUT2D eigenvalue weighted by atomic mass is 35.5. The van der Waals surface area contributed by atoms with Crippen molar-refractivity contribution in [3.63, 3.8) is 0 Å². The Labute approximate surface area is 203 Å². The van der Waals surface area contributed by atoms with Gasteiger partial charge in [0.25, 0.3) is 0 Å². The number of halogens is 3. The minimum Gasteiger partial charge on any atom is -0.350 e. The van der Waals surface area contributed by atoms with Crippen LogP contribution in [0.2, 0.25) is 5.02 Å². The van der Waals surface area contributed by atoms with Crippen molar-refractivity contribution in [1.82, 2.24) is 10.2 Å². The lowest BCUT2D eigenvalue weighted by Crippen LogP contribution is -2.54. The van der Waals surface area contributed by atoms with E-state index < -0.39 is 51.6 Å². The molecule has 0 bridgehead atoms. The Hall–Kier alpha value is -2.72. The first-order chi connectivity index (χ1) is 15.6. The van der Waals surface area contributed by atoms with Crippen molar-refractivity contribution in [3.05, 3.63) is 64.7 Å². The molecule has 0 aliphatic carbocycles. The van der Waals surface area contributed by atoms with Gasteiger partial charge in [0.15, 0.2) is 11.6 Å². The molecule has 0 aliphatic rings. The summed E-state index contributed by atoms with van der Waals surface area (Å²) in [5, 5.41) is 3.29. The molecule has 34 heavy (non-hydrogen) atoms. The van der Waals surface area contributed by atoms with Crippen LogP contribution in [-0.2, 0) is 26.2 Å². The number of carbonyl (C=O) groups is 2. The predicted octanol–water partition coefficient (Wildman–Crippen LogP) is 3.72. The van der Waals surface area contributed by atoms with Crippen LogP contribution in [0.4, 0.5) is 14.5 Å². The van der Waals surface area contributed by atoms with Crippen molar-refractivity contribution in [3.8, 4) is 0 Å². The number of hydrogen-bond acceptors (Lipinski definition) is 4. The molecule has 0 spiro atoms. The number of amides is 2. The average molecular weight is 516 g/mol. The van der Waals surface area contributed by atoms with Crippen molar-refractivity contribution in [2.45, 2.75) is 45.8 Å². The fraction of sp³-hybridized carbons (Fsp3) is 0.391. The highest BCUT2D eigenvalue weighted by molar-refractivity contribution is 7.92. The molecule has 7 nitrogen and oxygen atoms in total. The van der Waals surface area contributed by atoms with E-state index in [1.165, 1.54) is 11.8 Å². The molecule has 0 radical (unpaired) electrons. The zero-order chi connectivity index (χ0) is 25.8. The Morgan fingerprint density at radius 2 is 1.65 bits per heavy atom. The van der Waals surface area contributed by atoms with Gasteiger partial charge in [0.1, 0.15) is 12.6 Å². The summed E-state index contributed by atoms with van der Waals surface area (Å²) in [6.07, 6.45) is 0.848. The Morgan fingerprint density at radius 3 is 2.15 bits per heavy atom. The fourth-order valence-corrected chi connectivity index (χ4v) is 4.06. The first-order valence-corrected chi connectivity index (χ1v) is 12.6. The summed E-state index contributed by atoms with van der Waals surface area (Å²) in [7, 11) is -4.05. The second-order valence-electron chi connectivity index (χ2n) is 8.93. The van der Waals surface area contributed by atoms with E-state index in [1.807, 2.05) is 0 Å². The maximum Gasteiger partial charge on any atom is 0.244 e. The topological polar surface area (TPSA) is 86.8 Å². The molecule has 1 N–H and O–H groups in total. The normalized spacial score (nSPS) is 12.7. The van der Waals surface area contributed by atoms with Crippen LogP contribution < -0.4 is 9.62 Å². The van der Waals surface area contributed by atoms with Crippen molar-refractivity contribution >= 4 is 39.1 Å². The molecule has 0 saturated heterocycles. The Bertz CT molecular complexity index is 1150. The number of hydrogen-bond donors (Lipinski definition) is 1. The minimum atomic E-state index is -4.05. The summed E-state index contributed by atoms with van der Waals surface area (Å²) < 4.78 is 52.7. The molecule has 1 unspecified atom stereocenters. The lowest BCUT2D eigenvalue weighted by atomic mass is 10.1. The molecule has 0 heterocycles. The Morgan fingerprint density at radius 1 is 1.06 bits per heavy atom. The molecule has 0 fully saturated rings. The molecule has 11 heteroatoms. The molecule has 0 saturated carbocycles. The van der Waals surface area contributed by atoms with E-state index in [1.54, 1.807) is 45.0 Å². The van der Waals surface area contributed by atoms with E-state index in [0.717, 1.165) is 18.4 Å². The van der Waals surface area contributed by atoms with Crippen molar-refractivity contribution < 1.29 is 26.8 Å². The first kappa shape index (κ1) is 27.5. The number of carbonyl (C=O) groups excluding carboxylic acids is 2. The Balaban J connectivity index is 2.41. The standard InChI is InChI=1S/C23H28ClF2N3O4S/c1-15(22(31)27-23(2,3)4)28(13-16-6-8-17(24)9-7-16)21(30)14-29(34(5,32)33)18-10-11-19(25)20(26)12-18/h6-12,15H,13-14H2,1-5H3,(H,27,31). The van der Waals surface area contributed by atoms with Gasteiger partial charge in [-0.3, -0.25) is 13.9 Å². The smallest absolute Gasteiger partial charge is 0.244 e. The third-order valence-electron chi connectivity index (χ3n) is 4.80. The summed E-state index contributed by atoms with van der Waals surface area (Å²) in [6.45, 7) is 6.17. The monoisotopic (exact) mass is 515 g/mol. The van der Waals surface area contributed by atoms with E-state index in [9.17, 15) is 26.8 Å². The van der Waals surface area contributed by atoms with Gasteiger partial charge < -0.3 is 10.2 Å². The van der Waals surface area contributed by atoms with Crippen LogP contribution >= 0.6 is 11.6 Å². The number of nitrogens with zero attached hydrogens (tertiary/aromatic N) is 2. The second-order valence-corrected chi connectivity index (χ2v) is 11.3. The van der Waals surface area contributed by atoms with Crippen LogP contribution in [0.25, 0.3) is 0 Å². The molecule has 0 aliphatic heterocycles. The van der Waals surface area contributed by atoms with Crippen LogP contribution in [-0.4, -0.2) is 49.5 Å². The summed E-state index contributed by atoms with van der Waals surface area (Å²) in [4.78, 5) is 27.4. The van der Waals surface area contributed by atoms with E-state index >= 15 is 0 Å². The highest BCUT2D eigenvalue weighted by Gasteiger charge is 2.31.